The minimum absolute atomic E-state index is 0.165. The highest BCUT2D eigenvalue weighted by molar-refractivity contribution is 6.33. The smallest absolute Gasteiger partial charge is 0.337 e. The van der Waals surface area contributed by atoms with Crippen LogP contribution < -0.4 is 10.6 Å². The summed E-state index contributed by atoms with van der Waals surface area (Å²) >= 11 is 6.17. The molecule has 0 atom stereocenters. The van der Waals surface area contributed by atoms with Crippen molar-refractivity contribution < 1.29 is 9.90 Å². The molecule has 0 aliphatic heterocycles. The summed E-state index contributed by atoms with van der Waals surface area (Å²) in [6.07, 6.45) is 3.40. The lowest BCUT2D eigenvalue weighted by Crippen LogP contribution is -2.04. The number of anilines is 3. The number of para-hydroxylation sites is 1. The molecule has 2 rings (SSSR count). The SMILES string of the molecule is C=C(C)/C=C(\C)Nc1cc(Nc2ccccc2C(=O)O)c(Cl)cn1. The van der Waals surface area contributed by atoms with Gasteiger partial charge in [0.25, 0.3) is 0 Å². The maximum atomic E-state index is 11.3. The van der Waals surface area contributed by atoms with Crippen molar-refractivity contribution in [1.82, 2.24) is 4.98 Å². The number of carboxylic acids is 1. The lowest BCUT2D eigenvalue weighted by molar-refractivity contribution is 0.0698. The second kappa shape index (κ2) is 7.66. The Morgan fingerprint density at radius 2 is 2.00 bits per heavy atom. The second-order valence-electron chi connectivity index (χ2n) is 5.32. The van der Waals surface area contributed by atoms with Gasteiger partial charge in [-0.1, -0.05) is 35.9 Å². The molecule has 0 bridgehead atoms. The van der Waals surface area contributed by atoms with E-state index >= 15 is 0 Å². The van der Waals surface area contributed by atoms with Gasteiger partial charge in [-0.3, -0.25) is 0 Å². The number of nitrogens with one attached hydrogen (secondary N) is 2. The third-order valence-corrected chi connectivity index (χ3v) is 3.37. The number of rotatable bonds is 6. The van der Waals surface area contributed by atoms with E-state index in [0.29, 0.717) is 22.2 Å². The van der Waals surface area contributed by atoms with E-state index in [0.717, 1.165) is 11.3 Å². The highest BCUT2D eigenvalue weighted by Gasteiger charge is 2.11. The summed E-state index contributed by atoms with van der Waals surface area (Å²) in [6.45, 7) is 7.62. The molecule has 3 N–H and O–H groups in total. The van der Waals surface area contributed by atoms with Crippen molar-refractivity contribution in [3.8, 4) is 0 Å². The molecule has 124 valence electrons. The molecule has 0 aliphatic carbocycles. The van der Waals surface area contributed by atoms with Crippen molar-refractivity contribution in [2.24, 2.45) is 0 Å². The summed E-state index contributed by atoms with van der Waals surface area (Å²) in [5.74, 6) is -0.424. The number of nitrogens with zero attached hydrogens (tertiary/aromatic N) is 1. The van der Waals surface area contributed by atoms with E-state index in [4.69, 9.17) is 11.6 Å². The lowest BCUT2D eigenvalue weighted by Gasteiger charge is -2.13. The molecule has 0 unspecified atom stereocenters. The Hall–Kier alpha value is -2.79. The zero-order valence-electron chi connectivity index (χ0n) is 13.4. The van der Waals surface area contributed by atoms with Crippen LogP contribution in [0.2, 0.25) is 5.02 Å². The number of pyridine rings is 1. The van der Waals surface area contributed by atoms with Crippen molar-refractivity contribution >= 4 is 34.8 Å². The van der Waals surface area contributed by atoms with E-state index in [1.54, 1.807) is 24.3 Å². The summed E-state index contributed by atoms with van der Waals surface area (Å²) in [6, 6.07) is 8.35. The largest absolute Gasteiger partial charge is 0.478 e. The molecule has 0 fully saturated rings. The van der Waals surface area contributed by atoms with Crippen molar-refractivity contribution in [2.45, 2.75) is 13.8 Å². The van der Waals surface area contributed by atoms with E-state index in [1.807, 2.05) is 19.9 Å². The molecule has 0 radical (unpaired) electrons. The Labute approximate surface area is 145 Å². The molecule has 0 saturated heterocycles. The third-order valence-electron chi connectivity index (χ3n) is 3.07. The van der Waals surface area contributed by atoms with E-state index in [1.165, 1.54) is 12.3 Å². The molecule has 0 saturated carbocycles. The first kappa shape index (κ1) is 17.6. The van der Waals surface area contributed by atoms with Gasteiger partial charge in [0.15, 0.2) is 0 Å². The minimum atomic E-state index is -1.01. The highest BCUT2D eigenvalue weighted by Crippen LogP contribution is 2.29. The Balaban J connectivity index is 2.30. The van der Waals surface area contributed by atoms with Gasteiger partial charge in [-0.05, 0) is 32.1 Å². The summed E-state index contributed by atoms with van der Waals surface area (Å²) < 4.78 is 0. The maximum Gasteiger partial charge on any atom is 0.337 e. The molecular weight excluding hydrogens is 326 g/mol. The molecule has 6 heteroatoms. The normalized spacial score (nSPS) is 11.0. The Morgan fingerprint density at radius 1 is 1.29 bits per heavy atom. The van der Waals surface area contributed by atoms with Crippen LogP contribution in [-0.4, -0.2) is 16.1 Å². The minimum Gasteiger partial charge on any atom is -0.478 e. The molecule has 0 amide bonds. The number of allylic oxidation sites excluding steroid dienone is 3. The number of carbonyl (C=O) groups is 1. The van der Waals surface area contributed by atoms with Gasteiger partial charge in [0.2, 0.25) is 0 Å². The number of carboxylic acid groups (broad SMARTS) is 1. The van der Waals surface area contributed by atoms with E-state index < -0.39 is 5.97 Å². The van der Waals surface area contributed by atoms with Gasteiger partial charge in [0.05, 0.1) is 28.2 Å². The van der Waals surface area contributed by atoms with Crippen molar-refractivity contribution in [3.63, 3.8) is 0 Å². The molecule has 0 aliphatic rings. The van der Waals surface area contributed by atoms with E-state index in [-0.39, 0.29) is 5.56 Å². The average molecular weight is 344 g/mol. The quantitative estimate of drug-likeness (QED) is 0.638. The van der Waals surface area contributed by atoms with Gasteiger partial charge < -0.3 is 15.7 Å². The van der Waals surface area contributed by atoms with Crippen LogP contribution in [0.25, 0.3) is 0 Å². The van der Waals surface area contributed by atoms with E-state index in [9.17, 15) is 9.90 Å². The van der Waals surface area contributed by atoms with Crippen molar-refractivity contribution in [1.29, 1.82) is 0 Å². The summed E-state index contributed by atoms with van der Waals surface area (Å²) in [7, 11) is 0. The van der Waals surface area contributed by atoms with Crippen molar-refractivity contribution in [3.05, 3.63) is 71.0 Å². The molecule has 2 aromatic rings. The van der Waals surface area contributed by atoms with Crippen LogP contribution in [0, 0.1) is 0 Å². The predicted octanol–water partition coefficient (Wildman–Crippen LogP) is 5.07. The molecule has 1 heterocycles. The monoisotopic (exact) mass is 343 g/mol. The number of halogens is 1. The molecule has 0 spiro atoms. The number of aromatic carboxylic acids is 1. The fraction of sp³-hybridized carbons (Fsp3) is 0.111. The first-order chi connectivity index (χ1) is 11.4. The van der Waals surface area contributed by atoms with Crippen molar-refractivity contribution in [2.75, 3.05) is 10.6 Å². The van der Waals surface area contributed by atoms with Gasteiger partial charge in [0, 0.05) is 11.8 Å². The zero-order chi connectivity index (χ0) is 17.7. The topological polar surface area (TPSA) is 74.2 Å². The van der Waals surface area contributed by atoms with Gasteiger partial charge in [-0.2, -0.15) is 0 Å². The fourth-order valence-electron chi connectivity index (χ4n) is 2.13. The van der Waals surface area contributed by atoms with Crippen LogP contribution in [-0.2, 0) is 0 Å². The lowest BCUT2D eigenvalue weighted by atomic mass is 10.1. The summed E-state index contributed by atoms with van der Waals surface area (Å²) in [5.41, 5.74) is 2.99. The maximum absolute atomic E-state index is 11.3. The second-order valence-corrected chi connectivity index (χ2v) is 5.73. The highest BCUT2D eigenvalue weighted by atomic mass is 35.5. The number of benzene rings is 1. The summed E-state index contributed by atoms with van der Waals surface area (Å²) in [5, 5.41) is 15.8. The summed E-state index contributed by atoms with van der Waals surface area (Å²) in [4.78, 5) is 15.5. The number of hydrogen-bond acceptors (Lipinski definition) is 4. The van der Waals surface area contributed by atoms with Crippen LogP contribution in [0.4, 0.5) is 17.2 Å². The molecular formula is C18H18ClN3O2. The average Bonchev–Trinajstić information content (AvgIpc) is 2.50. The Kier molecular flexibility index (Phi) is 5.60. The Morgan fingerprint density at radius 3 is 2.67 bits per heavy atom. The number of aromatic nitrogens is 1. The molecule has 1 aromatic carbocycles. The van der Waals surface area contributed by atoms with Gasteiger partial charge >= 0.3 is 5.97 Å². The molecule has 5 nitrogen and oxygen atoms in total. The van der Waals surface area contributed by atoms with E-state index in [2.05, 4.69) is 22.2 Å². The molecule has 24 heavy (non-hydrogen) atoms. The van der Waals surface area contributed by atoms with Crippen LogP contribution in [0.1, 0.15) is 24.2 Å². The van der Waals surface area contributed by atoms with Crippen LogP contribution in [0.3, 0.4) is 0 Å². The zero-order valence-corrected chi connectivity index (χ0v) is 14.2. The molecule has 1 aromatic heterocycles. The third kappa shape index (κ3) is 4.60. The predicted molar refractivity (Wildman–Crippen MR) is 98.1 cm³/mol. The van der Waals surface area contributed by atoms with Crippen LogP contribution >= 0.6 is 11.6 Å². The first-order valence-electron chi connectivity index (χ1n) is 7.22. The Bertz CT molecular complexity index is 816. The van der Waals surface area contributed by atoms with Gasteiger partial charge in [-0.15, -0.1) is 0 Å². The van der Waals surface area contributed by atoms with Crippen LogP contribution in [0.5, 0.6) is 0 Å². The fourth-order valence-corrected chi connectivity index (χ4v) is 2.28. The van der Waals surface area contributed by atoms with Gasteiger partial charge in [-0.25, -0.2) is 9.78 Å². The number of hydrogen-bond donors (Lipinski definition) is 3. The standard InChI is InChI=1S/C18H18ClN3O2/c1-11(2)8-12(3)21-17-9-16(14(19)10-20-17)22-15-7-5-4-6-13(15)18(23)24/h4-10H,1H2,2-3H3,(H,23,24)(H2,20,21,22)/b12-8+. The first-order valence-corrected chi connectivity index (χ1v) is 7.60. The van der Waals surface area contributed by atoms with Gasteiger partial charge in [0.1, 0.15) is 5.82 Å². The van der Waals surface area contributed by atoms with Crippen LogP contribution in [0.15, 0.2) is 60.5 Å².